The highest BCUT2D eigenvalue weighted by molar-refractivity contribution is 5.84. The Kier molecular flexibility index (Phi) is 12.2. The van der Waals surface area contributed by atoms with E-state index in [1.807, 2.05) is 0 Å². The average Bonchev–Trinajstić information content (AvgIpc) is 2.90. The van der Waals surface area contributed by atoms with Crippen molar-refractivity contribution in [2.75, 3.05) is 26.3 Å². The fourth-order valence-electron chi connectivity index (χ4n) is 5.03. The Morgan fingerprint density at radius 3 is 2.31 bits per heavy atom. The predicted octanol–water partition coefficient (Wildman–Crippen LogP) is -5.86. The second-order valence-corrected chi connectivity index (χ2v) is 10.5. The van der Waals surface area contributed by atoms with Gasteiger partial charge in [0.05, 0.1) is 37.4 Å². The van der Waals surface area contributed by atoms with Crippen molar-refractivity contribution in [1.29, 1.82) is 0 Å². The minimum Gasteiger partial charge on any atom is -0.395 e. The van der Waals surface area contributed by atoms with Crippen LogP contribution in [0.25, 0.3) is 0 Å². The van der Waals surface area contributed by atoms with Gasteiger partial charge in [-0.3, -0.25) is 4.99 Å². The van der Waals surface area contributed by atoms with Gasteiger partial charge < -0.3 is 77.8 Å². The molecule has 3 rings (SSSR count). The second-order valence-electron chi connectivity index (χ2n) is 10.5. The molecule has 0 bridgehead atoms. The molecule has 14 atom stereocenters. The smallest absolute Gasteiger partial charge is 0.186 e. The van der Waals surface area contributed by atoms with Gasteiger partial charge >= 0.3 is 0 Å². The van der Waals surface area contributed by atoms with Crippen molar-refractivity contribution in [3.05, 3.63) is 0 Å². The van der Waals surface area contributed by atoms with Crippen molar-refractivity contribution < 1.29 is 49.6 Å². The van der Waals surface area contributed by atoms with E-state index in [0.717, 1.165) is 0 Å². The number of ether oxygens (including phenoxy) is 4. The molecule has 0 aromatic rings. The molecule has 1 aliphatic carbocycles. The summed E-state index contributed by atoms with van der Waals surface area (Å²) in [6.07, 6.45) is -9.99. The largest absolute Gasteiger partial charge is 0.395 e. The van der Waals surface area contributed by atoms with Gasteiger partial charge in [0.2, 0.25) is 0 Å². The lowest BCUT2D eigenvalue weighted by Gasteiger charge is -2.47. The van der Waals surface area contributed by atoms with E-state index in [4.69, 9.17) is 47.0 Å². The summed E-state index contributed by atoms with van der Waals surface area (Å²) < 4.78 is 23.6. The third-order valence-corrected chi connectivity index (χ3v) is 7.41. The molecule has 228 valence electrons. The van der Waals surface area contributed by atoms with Crippen LogP contribution in [0.15, 0.2) is 4.99 Å². The van der Waals surface area contributed by atoms with Crippen molar-refractivity contribution in [2.45, 2.75) is 112 Å². The maximum absolute atomic E-state index is 11.4. The van der Waals surface area contributed by atoms with Gasteiger partial charge in [-0.2, -0.15) is 0 Å². The Bertz CT molecular complexity index is 782. The van der Waals surface area contributed by atoms with E-state index in [2.05, 4.69) is 10.3 Å². The Balaban J connectivity index is 1.80. The maximum Gasteiger partial charge on any atom is 0.186 e. The first-order chi connectivity index (χ1) is 18.5. The zero-order valence-electron chi connectivity index (χ0n) is 22.1. The molecule has 3 aliphatic rings. The van der Waals surface area contributed by atoms with Gasteiger partial charge in [0.15, 0.2) is 12.6 Å². The average molecular weight is 567 g/mol. The molecule has 2 heterocycles. The molecule has 0 aromatic heterocycles. The molecule has 2 aliphatic heterocycles. The Morgan fingerprint density at radius 2 is 1.67 bits per heavy atom. The van der Waals surface area contributed by atoms with Crippen LogP contribution in [0.2, 0.25) is 0 Å². The summed E-state index contributed by atoms with van der Waals surface area (Å²) in [5.41, 5.74) is 24.4. The van der Waals surface area contributed by atoms with Crippen molar-refractivity contribution in [3.8, 4) is 0 Å². The number of aliphatic imine (C=N–C) groups is 1. The highest BCUT2D eigenvalue weighted by atomic mass is 16.7. The normalized spacial score (nSPS) is 44.8. The van der Waals surface area contributed by atoms with E-state index in [-0.39, 0.29) is 25.0 Å². The molecule has 0 amide bonds. The SMILES string of the molecule is CC(O)C(N)=N[C@@H]1C[C@H](N)C(O[C@H]2O[C@H](CNCCO)CCC2N)C(O)C1O[C@H]1OC(CO)C(O)[C@H](N)C1O. The zero-order valence-corrected chi connectivity index (χ0v) is 22.1. The van der Waals surface area contributed by atoms with Crippen LogP contribution in [-0.2, 0) is 18.9 Å². The first-order valence-electron chi connectivity index (χ1n) is 13.3. The third-order valence-electron chi connectivity index (χ3n) is 7.41. The van der Waals surface area contributed by atoms with Crippen molar-refractivity contribution in [3.63, 3.8) is 0 Å². The molecule has 0 aromatic carbocycles. The zero-order chi connectivity index (χ0) is 28.9. The van der Waals surface area contributed by atoms with Gasteiger partial charge in [-0.1, -0.05) is 0 Å². The number of nitrogens with two attached hydrogens (primary N) is 4. The fourth-order valence-corrected chi connectivity index (χ4v) is 5.03. The van der Waals surface area contributed by atoms with Crippen LogP contribution in [-0.4, -0.2) is 148 Å². The minimum atomic E-state index is -1.51. The molecule has 8 unspecified atom stereocenters. The fraction of sp³-hybridized carbons (Fsp3) is 0.957. The lowest BCUT2D eigenvalue weighted by molar-refractivity contribution is -0.312. The maximum atomic E-state index is 11.4. The van der Waals surface area contributed by atoms with Gasteiger partial charge in [0.1, 0.15) is 48.6 Å². The summed E-state index contributed by atoms with van der Waals surface area (Å²) >= 11 is 0. The lowest BCUT2D eigenvalue weighted by Crippen LogP contribution is -2.66. The summed E-state index contributed by atoms with van der Waals surface area (Å²) in [7, 11) is 0. The van der Waals surface area contributed by atoms with Gasteiger partial charge in [0.25, 0.3) is 0 Å². The Hall–Kier alpha value is -1.09. The Labute approximate surface area is 227 Å². The first kappa shape index (κ1) is 32.4. The summed E-state index contributed by atoms with van der Waals surface area (Å²) in [5.74, 6) is -0.117. The van der Waals surface area contributed by atoms with E-state index in [1.54, 1.807) is 0 Å². The molecular weight excluding hydrogens is 520 g/mol. The van der Waals surface area contributed by atoms with E-state index >= 15 is 0 Å². The first-order valence-corrected chi connectivity index (χ1v) is 13.3. The van der Waals surface area contributed by atoms with E-state index in [1.165, 1.54) is 6.92 Å². The van der Waals surface area contributed by atoms with Gasteiger partial charge in [-0.15, -0.1) is 0 Å². The van der Waals surface area contributed by atoms with Gasteiger partial charge in [0, 0.05) is 19.1 Å². The lowest BCUT2D eigenvalue weighted by atomic mass is 9.84. The van der Waals surface area contributed by atoms with E-state index < -0.39 is 86.1 Å². The van der Waals surface area contributed by atoms with Crippen LogP contribution < -0.4 is 28.3 Å². The second kappa shape index (κ2) is 14.7. The number of nitrogens with zero attached hydrogens (tertiary/aromatic N) is 1. The molecule has 16 heteroatoms. The van der Waals surface area contributed by atoms with Crippen molar-refractivity contribution >= 4 is 5.84 Å². The number of amidine groups is 1. The molecule has 1 saturated carbocycles. The highest BCUT2D eigenvalue weighted by Gasteiger charge is 2.50. The molecule has 3 fully saturated rings. The van der Waals surface area contributed by atoms with Crippen LogP contribution in [0, 0.1) is 0 Å². The number of aliphatic hydroxyl groups excluding tert-OH is 6. The molecular formula is C23H46N6O10. The van der Waals surface area contributed by atoms with E-state index in [0.29, 0.717) is 25.9 Å². The molecule has 15 N–H and O–H groups in total. The van der Waals surface area contributed by atoms with Gasteiger partial charge in [-0.25, -0.2) is 0 Å². The highest BCUT2D eigenvalue weighted by Crippen LogP contribution is 2.32. The number of rotatable bonds is 11. The number of nitrogens with one attached hydrogen (secondary N) is 1. The van der Waals surface area contributed by atoms with Crippen molar-refractivity contribution in [1.82, 2.24) is 5.32 Å². The summed E-state index contributed by atoms with van der Waals surface area (Å²) in [6, 6.07) is -3.35. The van der Waals surface area contributed by atoms with Crippen LogP contribution in [0.4, 0.5) is 0 Å². The molecule has 39 heavy (non-hydrogen) atoms. The standard InChI is InChI=1S/C23H46N6O10/c1-9(32)21(27)29-13-6-12(25)19(38-22-11(24)3-2-10(36-22)7-28-4-5-30)18(35)20(13)39-23-17(34)15(26)16(33)14(8-31)37-23/h9-20,22-23,28,30-35H,2-8,24-26H2,1H3,(H2,27,29)/t9?,10-,11?,12-,13+,14?,15-,16?,17?,18?,19?,20?,22+,23+/m0/s1. The number of hydrogen-bond acceptors (Lipinski definition) is 15. The molecule has 16 nitrogen and oxygen atoms in total. The third kappa shape index (κ3) is 8.02. The number of hydrogen-bond donors (Lipinski definition) is 11. The topological polar surface area (TPSA) is 287 Å². The molecule has 0 spiro atoms. The monoisotopic (exact) mass is 566 g/mol. The molecule has 2 saturated heterocycles. The number of aliphatic hydroxyl groups is 6. The van der Waals surface area contributed by atoms with Crippen LogP contribution >= 0.6 is 0 Å². The minimum absolute atomic E-state index is 0.0117. The van der Waals surface area contributed by atoms with Crippen LogP contribution in [0.5, 0.6) is 0 Å². The van der Waals surface area contributed by atoms with Crippen LogP contribution in [0.1, 0.15) is 26.2 Å². The van der Waals surface area contributed by atoms with Crippen molar-refractivity contribution in [2.24, 2.45) is 27.9 Å². The quantitative estimate of drug-likeness (QED) is 0.0630. The van der Waals surface area contributed by atoms with E-state index in [9.17, 15) is 25.5 Å². The summed E-state index contributed by atoms with van der Waals surface area (Å²) in [4.78, 5) is 4.30. The molecule has 0 radical (unpaired) electrons. The van der Waals surface area contributed by atoms with Crippen LogP contribution in [0.3, 0.4) is 0 Å². The summed E-state index contributed by atoms with van der Waals surface area (Å²) in [5, 5.41) is 63.7. The summed E-state index contributed by atoms with van der Waals surface area (Å²) in [6.45, 7) is 1.71. The van der Waals surface area contributed by atoms with Gasteiger partial charge in [-0.05, 0) is 26.2 Å². The Morgan fingerprint density at radius 1 is 0.974 bits per heavy atom. The predicted molar refractivity (Wildman–Crippen MR) is 137 cm³/mol.